The van der Waals surface area contributed by atoms with Crippen LogP contribution in [0.5, 0.6) is 0 Å². The van der Waals surface area contributed by atoms with Crippen molar-refractivity contribution in [1.29, 1.82) is 0 Å². The molecule has 1 aliphatic rings. The van der Waals surface area contributed by atoms with Crippen LogP contribution >= 0.6 is 0 Å². The zero-order chi connectivity index (χ0) is 11.5. The first-order chi connectivity index (χ1) is 8.42. The van der Waals surface area contributed by atoms with Gasteiger partial charge >= 0.3 is 0 Å². The van der Waals surface area contributed by atoms with Crippen LogP contribution in [0.1, 0.15) is 35.4 Å². The topological polar surface area (TPSA) is 40.7 Å². The number of hydrogen-bond donors (Lipinski definition) is 2. The van der Waals surface area contributed by atoms with Crippen molar-refractivity contribution < 1.29 is 0 Å². The summed E-state index contributed by atoms with van der Waals surface area (Å²) < 4.78 is 0. The van der Waals surface area contributed by atoms with E-state index < -0.39 is 0 Å². The van der Waals surface area contributed by atoms with Crippen LogP contribution in [0.2, 0.25) is 0 Å². The molecule has 0 unspecified atom stereocenters. The molecule has 2 N–H and O–H groups in total. The number of rotatable bonds is 5. The molecule has 88 valence electrons. The van der Waals surface area contributed by atoms with E-state index in [2.05, 4.69) is 39.8 Å². The van der Waals surface area contributed by atoms with E-state index in [1.54, 1.807) is 0 Å². The number of H-pyrrole nitrogens is 1. The molecule has 1 saturated carbocycles. The second-order valence-corrected chi connectivity index (χ2v) is 4.73. The Morgan fingerprint density at radius 3 is 2.88 bits per heavy atom. The number of aromatic amines is 1. The smallest absolute Gasteiger partial charge is 0.0532 e. The van der Waals surface area contributed by atoms with Crippen molar-refractivity contribution in [3.63, 3.8) is 0 Å². The van der Waals surface area contributed by atoms with Gasteiger partial charge in [0.25, 0.3) is 0 Å². The molecule has 0 amide bonds. The highest BCUT2D eigenvalue weighted by atomic mass is 15.1. The maximum Gasteiger partial charge on any atom is 0.0532 e. The van der Waals surface area contributed by atoms with Gasteiger partial charge in [-0.3, -0.25) is 5.10 Å². The fourth-order valence-electron chi connectivity index (χ4n) is 2.10. The quantitative estimate of drug-likeness (QED) is 0.824. The molecule has 0 spiro atoms. The SMILES string of the molecule is c1cc(CNCc2cn[nH]c2)cc(C2CC2)c1. The van der Waals surface area contributed by atoms with Crippen LogP contribution < -0.4 is 5.32 Å². The number of hydrogen-bond acceptors (Lipinski definition) is 2. The van der Waals surface area contributed by atoms with Crippen molar-refractivity contribution in [2.24, 2.45) is 0 Å². The molecule has 0 radical (unpaired) electrons. The maximum absolute atomic E-state index is 3.93. The zero-order valence-electron chi connectivity index (χ0n) is 9.82. The lowest BCUT2D eigenvalue weighted by Crippen LogP contribution is -2.12. The van der Waals surface area contributed by atoms with E-state index >= 15 is 0 Å². The largest absolute Gasteiger partial charge is 0.309 e. The average Bonchev–Trinajstić information content (AvgIpc) is 3.09. The molecule has 17 heavy (non-hydrogen) atoms. The van der Waals surface area contributed by atoms with Crippen molar-refractivity contribution in [2.45, 2.75) is 31.8 Å². The third-order valence-corrected chi connectivity index (χ3v) is 3.21. The summed E-state index contributed by atoms with van der Waals surface area (Å²) in [5.41, 5.74) is 4.08. The first kappa shape index (κ1) is 10.5. The Morgan fingerprint density at radius 1 is 1.24 bits per heavy atom. The molecule has 0 atom stereocenters. The van der Waals surface area contributed by atoms with Gasteiger partial charge in [0, 0.05) is 24.8 Å². The van der Waals surface area contributed by atoms with Crippen LogP contribution in [0.4, 0.5) is 0 Å². The van der Waals surface area contributed by atoms with Crippen molar-refractivity contribution in [2.75, 3.05) is 0 Å². The van der Waals surface area contributed by atoms with Crippen LogP contribution in [0.3, 0.4) is 0 Å². The van der Waals surface area contributed by atoms with Gasteiger partial charge in [-0.05, 0) is 29.9 Å². The van der Waals surface area contributed by atoms with Gasteiger partial charge in [0.1, 0.15) is 0 Å². The minimum absolute atomic E-state index is 0.837. The highest BCUT2D eigenvalue weighted by molar-refractivity contribution is 5.29. The fraction of sp³-hybridized carbons (Fsp3) is 0.357. The predicted molar refractivity (Wildman–Crippen MR) is 67.5 cm³/mol. The molecule has 3 rings (SSSR count). The molecule has 1 heterocycles. The number of nitrogens with one attached hydrogen (secondary N) is 2. The van der Waals surface area contributed by atoms with Gasteiger partial charge in [0.15, 0.2) is 0 Å². The molecule has 0 saturated heterocycles. The van der Waals surface area contributed by atoms with Crippen molar-refractivity contribution in [3.05, 3.63) is 53.3 Å². The Balaban J connectivity index is 1.55. The molecule has 1 aromatic carbocycles. The fourth-order valence-corrected chi connectivity index (χ4v) is 2.10. The monoisotopic (exact) mass is 227 g/mol. The number of benzene rings is 1. The van der Waals surface area contributed by atoms with E-state index in [1.165, 1.54) is 29.5 Å². The Morgan fingerprint density at radius 2 is 2.12 bits per heavy atom. The van der Waals surface area contributed by atoms with Gasteiger partial charge in [0.2, 0.25) is 0 Å². The van der Waals surface area contributed by atoms with E-state index in [9.17, 15) is 0 Å². The summed E-state index contributed by atoms with van der Waals surface area (Å²) in [5, 5.41) is 10.2. The van der Waals surface area contributed by atoms with E-state index in [1.807, 2.05) is 12.4 Å². The Kier molecular flexibility index (Phi) is 2.92. The molecule has 3 heteroatoms. The third-order valence-electron chi connectivity index (χ3n) is 3.21. The second-order valence-electron chi connectivity index (χ2n) is 4.73. The van der Waals surface area contributed by atoms with Gasteiger partial charge in [-0.1, -0.05) is 24.3 Å². The molecular weight excluding hydrogens is 210 g/mol. The van der Waals surface area contributed by atoms with Crippen LogP contribution in [0.15, 0.2) is 36.7 Å². The first-order valence-corrected chi connectivity index (χ1v) is 6.19. The normalized spacial score (nSPS) is 15.1. The summed E-state index contributed by atoms with van der Waals surface area (Å²) in [6, 6.07) is 8.94. The Bertz CT molecular complexity index is 472. The first-order valence-electron chi connectivity index (χ1n) is 6.19. The minimum Gasteiger partial charge on any atom is -0.309 e. The summed E-state index contributed by atoms with van der Waals surface area (Å²) in [6.07, 6.45) is 6.51. The lowest BCUT2D eigenvalue weighted by molar-refractivity contribution is 0.693. The maximum atomic E-state index is 3.93. The highest BCUT2D eigenvalue weighted by Crippen LogP contribution is 2.40. The van der Waals surface area contributed by atoms with Crippen LogP contribution in [0, 0.1) is 0 Å². The summed E-state index contributed by atoms with van der Waals surface area (Å²) in [6.45, 7) is 1.79. The third kappa shape index (κ3) is 2.74. The Labute approximate surface area is 101 Å². The van der Waals surface area contributed by atoms with E-state index in [0.717, 1.165) is 19.0 Å². The average molecular weight is 227 g/mol. The summed E-state index contributed by atoms with van der Waals surface area (Å²) in [5.74, 6) is 0.837. The zero-order valence-corrected chi connectivity index (χ0v) is 9.82. The standard InChI is InChI=1S/C14H17N3/c1-2-11(6-14(3-1)13-4-5-13)7-15-8-12-9-16-17-10-12/h1-3,6,9-10,13,15H,4-5,7-8H2,(H,16,17). The minimum atomic E-state index is 0.837. The van der Waals surface area contributed by atoms with Crippen LogP contribution in [-0.2, 0) is 13.1 Å². The summed E-state index contributed by atoms with van der Waals surface area (Å²) in [7, 11) is 0. The van der Waals surface area contributed by atoms with Gasteiger partial charge in [0.05, 0.1) is 6.20 Å². The van der Waals surface area contributed by atoms with Gasteiger partial charge in [-0.25, -0.2) is 0 Å². The summed E-state index contributed by atoms with van der Waals surface area (Å²) in [4.78, 5) is 0. The van der Waals surface area contributed by atoms with E-state index in [-0.39, 0.29) is 0 Å². The van der Waals surface area contributed by atoms with Gasteiger partial charge in [-0.2, -0.15) is 5.10 Å². The predicted octanol–water partition coefficient (Wildman–Crippen LogP) is 2.58. The molecule has 0 aliphatic heterocycles. The van der Waals surface area contributed by atoms with E-state index in [4.69, 9.17) is 0 Å². The van der Waals surface area contributed by atoms with Gasteiger partial charge in [-0.15, -0.1) is 0 Å². The number of nitrogens with zero attached hydrogens (tertiary/aromatic N) is 1. The highest BCUT2D eigenvalue weighted by Gasteiger charge is 2.23. The molecule has 3 nitrogen and oxygen atoms in total. The van der Waals surface area contributed by atoms with Crippen molar-refractivity contribution in [1.82, 2.24) is 15.5 Å². The molecule has 0 bridgehead atoms. The summed E-state index contributed by atoms with van der Waals surface area (Å²) >= 11 is 0. The second kappa shape index (κ2) is 4.72. The lowest BCUT2D eigenvalue weighted by atomic mass is 10.1. The molecule has 1 aromatic heterocycles. The van der Waals surface area contributed by atoms with Crippen molar-refractivity contribution >= 4 is 0 Å². The Hall–Kier alpha value is -1.61. The molecule has 1 fully saturated rings. The molecule has 1 aliphatic carbocycles. The molecular formula is C14H17N3. The van der Waals surface area contributed by atoms with Gasteiger partial charge < -0.3 is 5.32 Å². The number of aromatic nitrogens is 2. The van der Waals surface area contributed by atoms with Crippen LogP contribution in [0.25, 0.3) is 0 Å². The molecule has 2 aromatic rings. The van der Waals surface area contributed by atoms with Crippen LogP contribution in [-0.4, -0.2) is 10.2 Å². The lowest BCUT2D eigenvalue weighted by Gasteiger charge is -2.05. The van der Waals surface area contributed by atoms with Crippen molar-refractivity contribution in [3.8, 4) is 0 Å². The van der Waals surface area contributed by atoms with E-state index in [0.29, 0.717) is 0 Å².